The topological polar surface area (TPSA) is 115 Å². The molecule has 9 nitrogen and oxygen atoms in total. The molecule has 0 bridgehead atoms. The first-order valence-corrected chi connectivity index (χ1v) is 13.6. The summed E-state index contributed by atoms with van der Waals surface area (Å²) < 4.78 is 17.1. The Labute approximate surface area is 240 Å². The maximum atomic E-state index is 13.7. The van der Waals surface area contributed by atoms with Crippen LogP contribution in [0.3, 0.4) is 0 Å². The lowest BCUT2D eigenvalue weighted by molar-refractivity contribution is -0.120. The van der Waals surface area contributed by atoms with Crippen LogP contribution in [0.4, 0.5) is 11.4 Å². The second kappa shape index (κ2) is 12.8. The van der Waals surface area contributed by atoms with Gasteiger partial charge >= 0.3 is 0 Å². The zero-order valence-electron chi connectivity index (χ0n) is 24.3. The molecule has 2 unspecified atom stereocenters. The van der Waals surface area contributed by atoms with Gasteiger partial charge in [0.2, 0.25) is 23.0 Å². The van der Waals surface area contributed by atoms with Gasteiger partial charge < -0.3 is 30.2 Å². The van der Waals surface area contributed by atoms with Crippen molar-refractivity contribution in [2.45, 2.75) is 45.7 Å². The molecule has 1 aliphatic rings. The number of aryl methyl sites for hydroxylation is 1. The number of amides is 2. The lowest BCUT2D eigenvalue weighted by atomic mass is 9.95. The number of nitrogens with one attached hydrogen (secondary N) is 3. The van der Waals surface area contributed by atoms with Gasteiger partial charge in [-0.05, 0) is 65.8 Å². The summed E-state index contributed by atoms with van der Waals surface area (Å²) in [5, 5.41) is 9.11. The van der Waals surface area contributed by atoms with Crippen LogP contribution in [0.1, 0.15) is 44.4 Å². The number of hydrogen-bond donors (Lipinski definition) is 3. The monoisotopic (exact) mass is 559 g/mol. The second-order valence-corrected chi connectivity index (χ2v) is 10.3. The van der Waals surface area contributed by atoms with Gasteiger partial charge in [-0.2, -0.15) is 0 Å². The van der Waals surface area contributed by atoms with Crippen LogP contribution in [0.15, 0.2) is 59.4 Å². The van der Waals surface area contributed by atoms with Gasteiger partial charge in [0.15, 0.2) is 11.5 Å². The third-order valence-corrected chi connectivity index (χ3v) is 7.22. The highest BCUT2D eigenvalue weighted by Gasteiger charge is 2.30. The Hall–Kier alpha value is -4.53. The number of para-hydroxylation sites is 1. The van der Waals surface area contributed by atoms with E-state index in [9.17, 15) is 14.4 Å². The Morgan fingerprint density at radius 3 is 2.24 bits per heavy atom. The molecule has 1 aliphatic carbocycles. The van der Waals surface area contributed by atoms with E-state index in [0.29, 0.717) is 46.9 Å². The molecule has 0 saturated carbocycles. The van der Waals surface area contributed by atoms with Crippen LogP contribution in [0.25, 0.3) is 11.1 Å². The first kappa shape index (κ1) is 29.5. The van der Waals surface area contributed by atoms with Crippen LogP contribution in [0.5, 0.6) is 17.2 Å². The summed E-state index contributed by atoms with van der Waals surface area (Å²) in [6, 6.07) is 15.0. The van der Waals surface area contributed by atoms with Crippen LogP contribution in [0, 0.1) is 5.92 Å². The molecule has 0 heterocycles. The van der Waals surface area contributed by atoms with E-state index >= 15 is 0 Å². The summed E-state index contributed by atoms with van der Waals surface area (Å²) in [7, 11) is 4.66. The SMILES string of the molecule is COc1cc2c(c(OC)c1OC)-c1ccc(NC(C(=O)Nc3ccccc3)C(C)C)c(=O)cc1C(NC(C)=O)CC2. The molecule has 3 aromatic rings. The van der Waals surface area contributed by atoms with E-state index in [1.807, 2.05) is 56.3 Å². The van der Waals surface area contributed by atoms with E-state index in [2.05, 4.69) is 16.0 Å². The van der Waals surface area contributed by atoms with Gasteiger partial charge in [0.25, 0.3) is 0 Å². The van der Waals surface area contributed by atoms with Crippen molar-refractivity contribution in [2.24, 2.45) is 5.92 Å². The lowest BCUT2D eigenvalue weighted by Crippen LogP contribution is -2.39. The molecule has 0 aliphatic heterocycles. The molecular weight excluding hydrogens is 522 g/mol. The van der Waals surface area contributed by atoms with Gasteiger partial charge in [-0.3, -0.25) is 14.4 Å². The Kier molecular flexibility index (Phi) is 9.17. The third kappa shape index (κ3) is 6.29. The highest BCUT2D eigenvalue weighted by atomic mass is 16.5. The van der Waals surface area contributed by atoms with Gasteiger partial charge in [-0.15, -0.1) is 0 Å². The summed E-state index contributed by atoms with van der Waals surface area (Å²) in [5.74, 6) is 0.858. The first-order valence-electron chi connectivity index (χ1n) is 13.6. The molecule has 0 aromatic heterocycles. The fraction of sp³-hybridized carbons (Fsp3) is 0.344. The van der Waals surface area contributed by atoms with E-state index in [-0.39, 0.29) is 28.8 Å². The number of hydrogen-bond acceptors (Lipinski definition) is 7. The zero-order chi connectivity index (χ0) is 29.7. The van der Waals surface area contributed by atoms with E-state index in [0.717, 1.165) is 11.1 Å². The predicted octanol–water partition coefficient (Wildman–Crippen LogP) is 4.94. The molecule has 3 aromatic carbocycles. The van der Waals surface area contributed by atoms with E-state index in [4.69, 9.17) is 14.2 Å². The standard InChI is InChI=1S/C32H37N3O6/c1-18(2)29(32(38)34-21-10-8-7-9-11-21)35-25-15-13-22-23(17-26(25)37)24(33-19(3)36)14-12-20-16-27(39-4)30(40-5)31(41-6)28(20)22/h7-11,13,15-18,24,29H,12,14H2,1-6H3,(H,33,36)(H,34,38)(H,35,37). The Balaban J connectivity index is 1.86. The number of benzene rings is 2. The summed E-state index contributed by atoms with van der Waals surface area (Å²) in [6.07, 6.45) is 1.16. The average Bonchev–Trinajstić information content (AvgIpc) is 3.19. The summed E-state index contributed by atoms with van der Waals surface area (Å²) in [5.41, 5.74) is 3.70. The number of anilines is 2. The van der Waals surface area contributed by atoms with Crippen molar-refractivity contribution in [3.63, 3.8) is 0 Å². The second-order valence-electron chi connectivity index (χ2n) is 10.3. The van der Waals surface area contributed by atoms with Crippen molar-refractivity contribution in [1.82, 2.24) is 5.32 Å². The van der Waals surface area contributed by atoms with Gasteiger partial charge in [0.1, 0.15) is 6.04 Å². The smallest absolute Gasteiger partial charge is 0.247 e. The quantitative estimate of drug-likeness (QED) is 0.340. The normalized spacial score (nSPS) is 14.6. The fourth-order valence-electron chi connectivity index (χ4n) is 5.27. The van der Waals surface area contributed by atoms with Crippen LogP contribution in [-0.2, 0) is 16.0 Å². The predicted molar refractivity (Wildman–Crippen MR) is 160 cm³/mol. The average molecular weight is 560 g/mol. The lowest BCUT2D eigenvalue weighted by Gasteiger charge is -2.22. The molecule has 9 heteroatoms. The highest BCUT2D eigenvalue weighted by molar-refractivity contribution is 5.96. The molecule has 41 heavy (non-hydrogen) atoms. The molecule has 2 amide bonds. The number of carbonyl (C=O) groups excluding carboxylic acids is 2. The van der Waals surface area contributed by atoms with Gasteiger partial charge in [-0.1, -0.05) is 38.1 Å². The van der Waals surface area contributed by atoms with Gasteiger partial charge in [0, 0.05) is 18.2 Å². The number of carbonyl (C=O) groups is 2. The van der Waals surface area contributed by atoms with Gasteiger partial charge in [-0.25, -0.2) is 0 Å². The minimum Gasteiger partial charge on any atom is -0.493 e. The molecule has 3 N–H and O–H groups in total. The minimum atomic E-state index is -0.678. The first-order chi connectivity index (χ1) is 19.7. The fourth-order valence-corrected chi connectivity index (χ4v) is 5.27. The molecular formula is C32H37N3O6. The Morgan fingerprint density at radius 2 is 1.63 bits per heavy atom. The largest absolute Gasteiger partial charge is 0.493 e. The van der Waals surface area contributed by atoms with Crippen LogP contribution in [0.2, 0.25) is 0 Å². The molecule has 4 rings (SSSR count). The Bertz CT molecular complexity index is 1490. The number of fused-ring (bicyclic) bond motifs is 3. The third-order valence-electron chi connectivity index (χ3n) is 7.22. The summed E-state index contributed by atoms with van der Waals surface area (Å²) >= 11 is 0. The summed E-state index contributed by atoms with van der Waals surface area (Å²) in [6.45, 7) is 5.29. The van der Waals surface area contributed by atoms with Crippen molar-refractivity contribution in [1.29, 1.82) is 0 Å². The maximum Gasteiger partial charge on any atom is 0.247 e. The molecule has 2 atom stereocenters. The van der Waals surface area contributed by atoms with E-state index < -0.39 is 12.1 Å². The zero-order valence-corrected chi connectivity index (χ0v) is 24.3. The molecule has 216 valence electrons. The number of methoxy groups -OCH3 is 3. The Morgan fingerprint density at radius 1 is 0.927 bits per heavy atom. The van der Waals surface area contributed by atoms with Crippen molar-refractivity contribution in [3.05, 3.63) is 75.9 Å². The summed E-state index contributed by atoms with van der Waals surface area (Å²) in [4.78, 5) is 39.1. The van der Waals surface area contributed by atoms with E-state index in [1.54, 1.807) is 27.4 Å². The molecule has 0 radical (unpaired) electrons. The minimum absolute atomic E-state index is 0.119. The van der Waals surface area contributed by atoms with Crippen molar-refractivity contribution >= 4 is 23.2 Å². The molecule has 0 fully saturated rings. The molecule has 0 spiro atoms. The van der Waals surface area contributed by atoms with E-state index in [1.165, 1.54) is 13.0 Å². The van der Waals surface area contributed by atoms with Crippen molar-refractivity contribution < 1.29 is 23.8 Å². The van der Waals surface area contributed by atoms with Crippen LogP contribution >= 0.6 is 0 Å². The highest BCUT2D eigenvalue weighted by Crippen LogP contribution is 2.50. The number of rotatable bonds is 9. The maximum absolute atomic E-state index is 13.7. The number of ether oxygens (including phenoxy) is 3. The van der Waals surface area contributed by atoms with Crippen LogP contribution < -0.4 is 35.6 Å². The van der Waals surface area contributed by atoms with Gasteiger partial charge in [0.05, 0.1) is 33.1 Å². The van der Waals surface area contributed by atoms with Crippen molar-refractivity contribution in [2.75, 3.05) is 32.0 Å². The van der Waals surface area contributed by atoms with Crippen LogP contribution in [-0.4, -0.2) is 39.2 Å². The van der Waals surface area contributed by atoms with Crippen molar-refractivity contribution in [3.8, 4) is 28.4 Å². The molecule has 0 saturated heterocycles.